The van der Waals surface area contributed by atoms with Crippen molar-refractivity contribution in [2.75, 3.05) is 20.3 Å². The molecule has 8 heteroatoms. The van der Waals surface area contributed by atoms with Crippen molar-refractivity contribution in [2.24, 2.45) is 7.05 Å². The smallest absolute Gasteiger partial charge is 0.263 e. The first-order chi connectivity index (χ1) is 11.7. The SMILES string of the molecule is COC[C@@H](c1ccnn1C)n1cnc2sc3c(c2c1=O)CCNC3. The molecule has 0 aromatic carbocycles. The molecule has 1 N–H and O–H groups in total. The summed E-state index contributed by atoms with van der Waals surface area (Å²) in [6, 6.07) is 1.66. The summed E-state index contributed by atoms with van der Waals surface area (Å²) in [4.78, 5) is 19.8. The van der Waals surface area contributed by atoms with Crippen LogP contribution >= 0.6 is 11.3 Å². The Hall–Kier alpha value is -2.03. The molecule has 1 atom stereocenters. The van der Waals surface area contributed by atoms with E-state index in [-0.39, 0.29) is 11.6 Å². The van der Waals surface area contributed by atoms with Gasteiger partial charge in [-0.2, -0.15) is 5.10 Å². The molecule has 4 heterocycles. The quantitative estimate of drug-likeness (QED) is 0.766. The fraction of sp³-hybridized carbons (Fsp3) is 0.438. The van der Waals surface area contributed by atoms with Gasteiger partial charge in [0.25, 0.3) is 5.56 Å². The molecule has 0 saturated heterocycles. The van der Waals surface area contributed by atoms with E-state index in [0.29, 0.717) is 6.61 Å². The summed E-state index contributed by atoms with van der Waals surface area (Å²) >= 11 is 1.61. The Morgan fingerprint density at radius 1 is 1.50 bits per heavy atom. The van der Waals surface area contributed by atoms with Crippen LogP contribution in [0.2, 0.25) is 0 Å². The molecule has 0 bridgehead atoms. The second-order valence-electron chi connectivity index (χ2n) is 5.92. The van der Waals surface area contributed by atoms with Crippen LogP contribution in [0.4, 0.5) is 0 Å². The van der Waals surface area contributed by atoms with Gasteiger partial charge in [0, 0.05) is 31.8 Å². The van der Waals surface area contributed by atoms with E-state index in [9.17, 15) is 4.79 Å². The molecule has 0 aliphatic carbocycles. The van der Waals surface area contributed by atoms with Gasteiger partial charge in [-0.1, -0.05) is 0 Å². The standard InChI is InChI=1S/C16H19N5O2S/c1-20-11(4-6-19-20)12(8-23-2)21-9-18-15-14(16(21)22)10-3-5-17-7-13(10)24-15/h4,6,9,12,17H,3,5,7-8H2,1-2H3/t12-/m0/s1. The second kappa shape index (κ2) is 6.12. The van der Waals surface area contributed by atoms with Gasteiger partial charge >= 0.3 is 0 Å². The summed E-state index contributed by atoms with van der Waals surface area (Å²) in [6.07, 6.45) is 4.24. The van der Waals surface area contributed by atoms with Crippen LogP contribution in [0.1, 0.15) is 22.2 Å². The third-order valence-corrected chi connectivity index (χ3v) is 5.66. The fourth-order valence-corrected chi connectivity index (χ4v) is 4.47. The van der Waals surface area contributed by atoms with Crippen molar-refractivity contribution in [1.29, 1.82) is 0 Å². The minimum absolute atomic E-state index is 0.00245. The lowest BCUT2D eigenvalue weighted by Crippen LogP contribution is -2.30. The number of hydrogen-bond donors (Lipinski definition) is 1. The number of thiophene rings is 1. The molecular weight excluding hydrogens is 326 g/mol. The zero-order valence-electron chi connectivity index (χ0n) is 13.7. The number of nitrogens with one attached hydrogen (secondary N) is 1. The highest BCUT2D eigenvalue weighted by Crippen LogP contribution is 2.30. The summed E-state index contributed by atoms with van der Waals surface area (Å²) in [7, 11) is 3.51. The molecule has 3 aromatic heterocycles. The summed E-state index contributed by atoms with van der Waals surface area (Å²) in [6.45, 7) is 2.11. The van der Waals surface area contributed by atoms with E-state index >= 15 is 0 Å². The summed E-state index contributed by atoms with van der Waals surface area (Å²) < 4.78 is 8.81. The van der Waals surface area contributed by atoms with Crippen LogP contribution in [-0.2, 0) is 24.8 Å². The van der Waals surface area contributed by atoms with E-state index in [2.05, 4.69) is 15.4 Å². The Balaban J connectivity index is 1.91. The van der Waals surface area contributed by atoms with Gasteiger partial charge in [-0.25, -0.2) is 4.98 Å². The first-order valence-electron chi connectivity index (χ1n) is 7.89. The third kappa shape index (κ3) is 2.38. The number of ether oxygens (including phenoxy) is 1. The number of hydrogen-bond acceptors (Lipinski definition) is 6. The van der Waals surface area contributed by atoms with Gasteiger partial charge < -0.3 is 10.1 Å². The lowest BCUT2D eigenvalue weighted by atomic mass is 10.1. The maximum atomic E-state index is 13.2. The number of fused-ring (bicyclic) bond motifs is 3. The summed E-state index contributed by atoms with van der Waals surface area (Å²) in [5.41, 5.74) is 2.08. The molecule has 24 heavy (non-hydrogen) atoms. The lowest BCUT2D eigenvalue weighted by Gasteiger charge is -2.19. The molecule has 126 valence electrons. The van der Waals surface area contributed by atoms with Gasteiger partial charge in [0.1, 0.15) is 10.9 Å². The first kappa shape index (κ1) is 15.5. The van der Waals surface area contributed by atoms with Crippen molar-refractivity contribution in [1.82, 2.24) is 24.6 Å². The molecular formula is C16H19N5O2S. The Kier molecular flexibility index (Phi) is 3.95. The number of nitrogens with zero attached hydrogens (tertiary/aromatic N) is 4. The molecule has 0 unspecified atom stereocenters. The van der Waals surface area contributed by atoms with Crippen molar-refractivity contribution in [3.63, 3.8) is 0 Å². The Bertz CT molecular complexity index is 942. The van der Waals surface area contributed by atoms with Crippen molar-refractivity contribution >= 4 is 21.6 Å². The number of aromatic nitrogens is 4. The largest absolute Gasteiger partial charge is 0.382 e. The van der Waals surface area contributed by atoms with Crippen LogP contribution < -0.4 is 10.9 Å². The Morgan fingerprint density at radius 3 is 3.12 bits per heavy atom. The molecule has 7 nitrogen and oxygen atoms in total. The number of methoxy groups -OCH3 is 1. The van der Waals surface area contributed by atoms with Crippen molar-refractivity contribution < 1.29 is 4.74 Å². The molecule has 0 radical (unpaired) electrons. The highest BCUT2D eigenvalue weighted by Gasteiger charge is 2.24. The molecule has 0 spiro atoms. The predicted octanol–water partition coefficient (Wildman–Crippen LogP) is 1.07. The van der Waals surface area contributed by atoms with E-state index in [1.165, 1.54) is 4.88 Å². The minimum Gasteiger partial charge on any atom is -0.382 e. The van der Waals surface area contributed by atoms with E-state index in [1.54, 1.807) is 40.2 Å². The van der Waals surface area contributed by atoms with Crippen molar-refractivity contribution in [2.45, 2.75) is 19.0 Å². The highest BCUT2D eigenvalue weighted by molar-refractivity contribution is 7.18. The lowest BCUT2D eigenvalue weighted by molar-refractivity contribution is 0.164. The zero-order chi connectivity index (χ0) is 16.7. The third-order valence-electron chi connectivity index (χ3n) is 4.52. The predicted molar refractivity (Wildman–Crippen MR) is 92.5 cm³/mol. The zero-order valence-corrected chi connectivity index (χ0v) is 14.5. The van der Waals surface area contributed by atoms with Crippen LogP contribution in [0.5, 0.6) is 0 Å². The van der Waals surface area contributed by atoms with Crippen LogP contribution in [0.25, 0.3) is 10.2 Å². The van der Waals surface area contributed by atoms with Gasteiger partial charge in [0.2, 0.25) is 0 Å². The first-order valence-corrected chi connectivity index (χ1v) is 8.71. The van der Waals surface area contributed by atoms with Gasteiger partial charge in [-0.15, -0.1) is 11.3 Å². The van der Waals surface area contributed by atoms with Gasteiger partial charge in [-0.3, -0.25) is 14.0 Å². The molecule has 0 saturated carbocycles. The molecule has 0 fully saturated rings. The van der Waals surface area contributed by atoms with E-state index in [1.807, 2.05) is 13.1 Å². The topological polar surface area (TPSA) is 74.0 Å². The number of aryl methyl sites for hydroxylation is 1. The van der Waals surface area contributed by atoms with Gasteiger partial charge in [0.15, 0.2) is 0 Å². The highest BCUT2D eigenvalue weighted by atomic mass is 32.1. The fourth-order valence-electron chi connectivity index (χ4n) is 3.33. The number of rotatable bonds is 4. The summed E-state index contributed by atoms with van der Waals surface area (Å²) in [5, 5.41) is 8.33. The maximum absolute atomic E-state index is 13.2. The van der Waals surface area contributed by atoms with E-state index < -0.39 is 0 Å². The van der Waals surface area contributed by atoms with Crippen molar-refractivity contribution in [3.05, 3.63) is 45.1 Å². The van der Waals surface area contributed by atoms with Crippen LogP contribution in [0.3, 0.4) is 0 Å². The molecule has 1 aliphatic rings. The molecule has 3 aromatic rings. The molecule has 0 amide bonds. The van der Waals surface area contributed by atoms with E-state index in [0.717, 1.165) is 41.0 Å². The normalized spacial score (nSPS) is 15.6. The maximum Gasteiger partial charge on any atom is 0.263 e. The van der Waals surface area contributed by atoms with Crippen molar-refractivity contribution in [3.8, 4) is 0 Å². The monoisotopic (exact) mass is 345 g/mol. The average Bonchev–Trinajstić information content (AvgIpc) is 3.17. The second-order valence-corrected chi connectivity index (χ2v) is 7.00. The minimum atomic E-state index is -0.246. The van der Waals surface area contributed by atoms with Crippen LogP contribution in [-0.4, -0.2) is 39.6 Å². The Morgan fingerprint density at radius 2 is 2.38 bits per heavy atom. The molecule has 1 aliphatic heterocycles. The van der Waals surface area contributed by atoms with Crippen LogP contribution in [0.15, 0.2) is 23.4 Å². The van der Waals surface area contributed by atoms with E-state index in [4.69, 9.17) is 4.74 Å². The van der Waals surface area contributed by atoms with Crippen LogP contribution in [0, 0.1) is 0 Å². The molecule has 4 rings (SSSR count). The Labute approximate surface area is 142 Å². The van der Waals surface area contributed by atoms with Gasteiger partial charge in [-0.05, 0) is 24.6 Å². The van der Waals surface area contributed by atoms with Gasteiger partial charge in [0.05, 0.1) is 24.0 Å². The summed E-state index contributed by atoms with van der Waals surface area (Å²) in [5.74, 6) is 0. The average molecular weight is 345 g/mol.